The molecule has 1 heterocycles. The van der Waals surface area contributed by atoms with E-state index in [1.54, 1.807) is 24.4 Å². The predicted octanol–water partition coefficient (Wildman–Crippen LogP) is 0.169. The van der Waals surface area contributed by atoms with Crippen LogP contribution in [-0.4, -0.2) is 16.3 Å². The van der Waals surface area contributed by atoms with Crippen LogP contribution in [0.3, 0.4) is 0 Å². The third-order valence-electron chi connectivity index (χ3n) is 2.02. The van der Waals surface area contributed by atoms with E-state index in [1.165, 1.54) is 12.3 Å². The second-order valence-electron chi connectivity index (χ2n) is 3.49. The minimum atomic E-state index is -1.75. The smallest absolute Gasteiger partial charge is 0.872 e. The van der Waals surface area contributed by atoms with Gasteiger partial charge in [0.05, 0.1) is 11.3 Å². The molecule has 0 aliphatic rings. The Morgan fingerprint density at radius 1 is 1.21 bits per heavy atom. The summed E-state index contributed by atoms with van der Waals surface area (Å²) in [5.74, 6) is 0.485. The molecule has 1 aromatic carbocycles. The fourth-order valence-electron chi connectivity index (χ4n) is 1.22. The van der Waals surface area contributed by atoms with Gasteiger partial charge in [-0.15, -0.1) is 0 Å². The number of nitrogens with zero attached hydrogens (tertiary/aromatic N) is 3. The third-order valence-corrected chi connectivity index (χ3v) is 2.25. The third kappa shape index (κ3) is 11.2. The van der Waals surface area contributed by atoms with Crippen LogP contribution in [-0.2, 0) is 28.0 Å². The molecule has 0 bridgehead atoms. The summed E-state index contributed by atoms with van der Waals surface area (Å²) in [5, 5.41) is 30.6. The van der Waals surface area contributed by atoms with E-state index in [0.29, 0.717) is 16.4 Å². The number of hydrogen-bond donors (Lipinski definition) is 1. The van der Waals surface area contributed by atoms with Gasteiger partial charge in [0.15, 0.2) is 0 Å². The molecule has 0 spiro atoms. The van der Waals surface area contributed by atoms with Crippen LogP contribution in [0.25, 0.3) is 0 Å². The van der Waals surface area contributed by atoms with Crippen molar-refractivity contribution in [2.24, 2.45) is 5.10 Å². The van der Waals surface area contributed by atoms with Gasteiger partial charge in [-0.25, -0.2) is 4.98 Å². The van der Waals surface area contributed by atoms with Crippen LogP contribution in [0.5, 0.6) is 5.75 Å². The molecule has 24 heavy (non-hydrogen) atoms. The fraction of sp³-hybridized carbons (Fsp3) is 0. The SMILES string of the molecule is O=[N+]([O-])[O-].[Cu+2].[O-]c1ccc(Cl)cc1/C=N/Nc1ccccn1.[OH3+].[OH3+]. The average Bonchev–Trinajstić information content (AvgIpc) is 2.43. The van der Waals surface area contributed by atoms with E-state index >= 15 is 0 Å². The van der Waals surface area contributed by atoms with Gasteiger partial charge in [0.2, 0.25) is 0 Å². The van der Waals surface area contributed by atoms with E-state index in [9.17, 15) is 5.11 Å². The second-order valence-corrected chi connectivity index (χ2v) is 3.93. The van der Waals surface area contributed by atoms with Crippen molar-refractivity contribution >= 4 is 23.6 Å². The minimum absolute atomic E-state index is 0. The van der Waals surface area contributed by atoms with Crippen molar-refractivity contribution in [3.05, 3.63) is 68.5 Å². The number of pyridine rings is 1. The Balaban J connectivity index is -0.000000571. The van der Waals surface area contributed by atoms with Gasteiger partial charge in [-0.1, -0.05) is 29.5 Å². The number of rotatable bonds is 3. The van der Waals surface area contributed by atoms with Crippen molar-refractivity contribution in [3.63, 3.8) is 0 Å². The van der Waals surface area contributed by atoms with E-state index in [0.717, 1.165) is 0 Å². The molecule has 0 atom stereocenters. The first kappa shape index (κ1) is 26.5. The molecule has 0 unspecified atom stereocenters. The van der Waals surface area contributed by atoms with Crippen molar-refractivity contribution in [2.75, 3.05) is 5.43 Å². The molecule has 10 nitrogen and oxygen atoms in total. The first-order valence-corrected chi connectivity index (χ1v) is 5.85. The first-order chi connectivity index (χ1) is 9.99. The van der Waals surface area contributed by atoms with E-state index in [-0.39, 0.29) is 33.8 Å². The maximum Gasteiger partial charge on any atom is 2.00 e. The van der Waals surface area contributed by atoms with Crippen LogP contribution in [0, 0.1) is 15.3 Å². The number of anilines is 1. The minimum Gasteiger partial charge on any atom is -0.872 e. The van der Waals surface area contributed by atoms with Gasteiger partial charge >= 0.3 is 17.1 Å². The number of nitrogens with one attached hydrogen (secondary N) is 1. The summed E-state index contributed by atoms with van der Waals surface area (Å²) in [6.45, 7) is 0. The summed E-state index contributed by atoms with van der Waals surface area (Å²) in [6.07, 6.45) is 3.07. The number of benzene rings is 1. The van der Waals surface area contributed by atoms with Crippen LogP contribution >= 0.6 is 11.6 Å². The molecule has 0 amide bonds. The van der Waals surface area contributed by atoms with E-state index in [4.69, 9.17) is 26.9 Å². The van der Waals surface area contributed by atoms with Crippen LogP contribution in [0.15, 0.2) is 47.7 Å². The largest absolute Gasteiger partial charge is 2.00 e. The molecule has 12 heteroatoms. The van der Waals surface area contributed by atoms with Gasteiger partial charge in [-0.05, 0) is 29.8 Å². The molecule has 0 aliphatic heterocycles. The van der Waals surface area contributed by atoms with Crippen molar-refractivity contribution in [2.45, 2.75) is 0 Å². The van der Waals surface area contributed by atoms with E-state index < -0.39 is 5.09 Å². The van der Waals surface area contributed by atoms with Gasteiger partial charge in [0.1, 0.15) is 5.82 Å². The Labute approximate surface area is 152 Å². The zero-order valence-corrected chi connectivity index (χ0v) is 13.6. The average molecular weight is 410 g/mol. The van der Waals surface area contributed by atoms with Crippen molar-refractivity contribution in [1.82, 2.24) is 4.98 Å². The summed E-state index contributed by atoms with van der Waals surface area (Å²) in [5.41, 5.74) is 3.15. The van der Waals surface area contributed by atoms with Crippen LogP contribution in [0.1, 0.15) is 5.56 Å². The number of aromatic nitrogens is 1. The molecule has 0 aliphatic carbocycles. The van der Waals surface area contributed by atoms with Gasteiger partial charge < -0.3 is 31.4 Å². The molecule has 0 saturated carbocycles. The molecule has 0 saturated heterocycles. The molecular weight excluding hydrogens is 395 g/mol. The summed E-state index contributed by atoms with van der Waals surface area (Å²) in [6, 6.07) is 9.93. The number of halogens is 1. The summed E-state index contributed by atoms with van der Waals surface area (Å²) < 4.78 is 0. The normalized spacial score (nSPS) is 8.54. The van der Waals surface area contributed by atoms with Gasteiger partial charge in [-0.2, -0.15) is 5.10 Å². The Kier molecular flexibility index (Phi) is 15.6. The number of hydrogen-bond acceptors (Lipinski definition) is 7. The molecule has 2 rings (SSSR count). The molecule has 1 aromatic heterocycles. The summed E-state index contributed by atoms with van der Waals surface area (Å²) in [4.78, 5) is 12.3. The van der Waals surface area contributed by atoms with Crippen LogP contribution < -0.4 is 10.5 Å². The van der Waals surface area contributed by atoms with Crippen LogP contribution in [0.4, 0.5) is 5.82 Å². The predicted molar refractivity (Wildman–Crippen MR) is 86.5 cm³/mol. The van der Waals surface area contributed by atoms with Gasteiger partial charge in [0, 0.05) is 11.2 Å². The maximum absolute atomic E-state index is 11.4. The zero-order valence-electron chi connectivity index (χ0n) is 11.9. The fourth-order valence-corrected chi connectivity index (χ4v) is 1.40. The Morgan fingerprint density at radius 2 is 1.83 bits per heavy atom. The molecule has 7 N–H and O–H groups in total. The summed E-state index contributed by atoms with van der Waals surface area (Å²) in [7, 11) is 0. The summed E-state index contributed by atoms with van der Waals surface area (Å²) >= 11 is 5.78. The standard InChI is InChI=1S/C12H10ClN3O.Cu.NO3.2H2O/c13-10-4-5-11(17)9(7-10)8-15-16-12-3-1-2-6-14-12;;2-1(3)4;;/h1-8,17H,(H,14,16);;;2*1H2/q;+2;-1;;/p+1/b15-8+;;;;. The van der Waals surface area contributed by atoms with Gasteiger partial charge in [0.25, 0.3) is 0 Å². The quantitative estimate of drug-likeness (QED) is 0.246. The molecule has 135 valence electrons. The Hall–Kier alpha value is -2.43. The monoisotopic (exact) mass is 409 g/mol. The van der Waals surface area contributed by atoms with Crippen molar-refractivity contribution < 1.29 is 38.2 Å². The maximum atomic E-state index is 11.4. The topological polar surface area (TPSA) is 193 Å². The van der Waals surface area contributed by atoms with Crippen LogP contribution in [0.2, 0.25) is 5.02 Å². The van der Waals surface area contributed by atoms with Crippen molar-refractivity contribution in [3.8, 4) is 5.75 Å². The number of hydrazone groups is 1. The first-order valence-electron chi connectivity index (χ1n) is 5.47. The molecule has 1 radical (unpaired) electrons. The van der Waals surface area contributed by atoms with Crippen molar-refractivity contribution in [1.29, 1.82) is 0 Å². The Morgan fingerprint density at radius 3 is 2.38 bits per heavy atom. The van der Waals surface area contributed by atoms with Gasteiger partial charge in [-0.3, -0.25) is 5.43 Å². The molecular formula is C12H15ClCuN4O6+2. The van der Waals surface area contributed by atoms with E-state index in [1.807, 2.05) is 12.1 Å². The molecule has 2 aromatic rings. The van der Waals surface area contributed by atoms with E-state index in [2.05, 4.69) is 15.5 Å². The Bertz CT molecular complexity index is 628. The second kappa shape index (κ2) is 14.2. The molecule has 0 fully saturated rings. The zero-order chi connectivity index (χ0) is 15.7.